The summed E-state index contributed by atoms with van der Waals surface area (Å²) < 4.78 is 4.93. The van der Waals surface area contributed by atoms with Gasteiger partial charge >= 0.3 is 0 Å². The van der Waals surface area contributed by atoms with Gasteiger partial charge in [-0.2, -0.15) is 0 Å². The second-order valence-corrected chi connectivity index (χ2v) is 5.65. The molecule has 8 nitrogen and oxygen atoms in total. The largest absolute Gasteiger partial charge is 0.383 e. The standard InChI is InChI=1S/C14H23N3O5/c1-22-7-6-16-10-17(9-12(16)19)13(20)8-15-5-3-2-4-11(18)14(15)21/h11,18H,2-10H2,1H3. The summed E-state index contributed by atoms with van der Waals surface area (Å²) in [6.07, 6.45) is 0.963. The molecule has 1 atom stereocenters. The van der Waals surface area contributed by atoms with Gasteiger partial charge < -0.3 is 24.5 Å². The van der Waals surface area contributed by atoms with Crippen molar-refractivity contribution in [2.45, 2.75) is 25.4 Å². The van der Waals surface area contributed by atoms with E-state index in [-0.39, 0.29) is 31.6 Å². The summed E-state index contributed by atoms with van der Waals surface area (Å²) in [4.78, 5) is 40.5. The highest BCUT2D eigenvalue weighted by Gasteiger charge is 2.33. The minimum Gasteiger partial charge on any atom is -0.383 e. The highest BCUT2D eigenvalue weighted by molar-refractivity contribution is 5.91. The molecule has 0 spiro atoms. The van der Waals surface area contributed by atoms with Crippen LogP contribution in [0, 0.1) is 0 Å². The second-order valence-electron chi connectivity index (χ2n) is 5.65. The van der Waals surface area contributed by atoms with Crippen molar-refractivity contribution in [3.63, 3.8) is 0 Å². The molecule has 2 rings (SSSR count). The van der Waals surface area contributed by atoms with E-state index in [0.717, 1.165) is 12.8 Å². The van der Waals surface area contributed by atoms with Crippen molar-refractivity contribution in [1.29, 1.82) is 0 Å². The van der Waals surface area contributed by atoms with E-state index in [1.54, 1.807) is 12.0 Å². The molecule has 2 heterocycles. The number of hydrogen-bond acceptors (Lipinski definition) is 5. The Morgan fingerprint density at radius 2 is 2.09 bits per heavy atom. The first-order valence-corrected chi connectivity index (χ1v) is 7.54. The Morgan fingerprint density at radius 3 is 2.82 bits per heavy atom. The molecular weight excluding hydrogens is 290 g/mol. The van der Waals surface area contributed by atoms with Crippen molar-refractivity contribution in [1.82, 2.24) is 14.7 Å². The van der Waals surface area contributed by atoms with Crippen LogP contribution in [0.3, 0.4) is 0 Å². The average Bonchev–Trinajstić information content (AvgIpc) is 2.80. The lowest BCUT2D eigenvalue weighted by Gasteiger charge is -2.24. The van der Waals surface area contributed by atoms with Crippen LogP contribution in [0.25, 0.3) is 0 Å². The van der Waals surface area contributed by atoms with Crippen molar-refractivity contribution in [3.05, 3.63) is 0 Å². The van der Waals surface area contributed by atoms with E-state index in [1.165, 1.54) is 9.80 Å². The Morgan fingerprint density at radius 1 is 1.32 bits per heavy atom. The van der Waals surface area contributed by atoms with Gasteiger partial charge in [-0.15, -0.1) is 0 Å². The van der Waals surface area contributed by atoms with E-state index in [1.807, 2.05) is 0 Å². The Kier molecular flexibility index (Phi) is 5.73. The minimum atomic E-state index is -1.02. The average molecular weight is 313 g/mol. The molecule has 0 aliphatic carbocycles. The van der Waals surface area contributed by atoms with Gasteiger partial charge in [0.15, 0.2) is 0 Å². The van der Waals surface area contributed by atoms with Crippen LogP contribution in [0.5, 0.6) is 0 Å². The fourth-order valence-electron chi connectivity index (χ4n) is 2.67. The zero-order chi connectivity index (χ0) is 16.1. The summed E-state index contributed by atoms with van der Waals surface area (Å²) in [5.74, 6) is -0.782. The van der Waals surface area contributed by atoms with Crippen LogP contribution >= 0.6 is 0 Å². The number of carbonyl (C=O) groups is 3. The van der Waals surface area contributed by atoms with Crippen molar-refractivity contribution in [2.24, 2.45) is 0 Å². The van der Waals surface area contributed by atoms with Gasteiger partial charge in [-0.3, -0.25) is 14.4 Å². The third-order valence-electron chi connectivity index (χ3n) is 4.02. The van der Waals surface area contributed by atoms with E-state index in [0.29, 0.717) is 26.1 Å². The number of aliphatic hydroxyl groups excluding tert-OH is 1. The smallest absolute Gasteiger partial charge is 0.251 e. The number of nitrogens with zero attached hydrogens (tertiary/aromatic N) is 3. The van der Waals surface area contributed by atoms with Crippen LogP contribution in [0.1, 0.15) is 19.3 Å². The minimum absolute atomic E-state index is 0.0349. The zero-order valence-electron chi connectivity index (χ0n) is 12.9. The van der Waals surface area contributed by atoms with E-state index in [2.05, 4.69) is 0 Å². The number of ether oxygens (including phenoxy) is 1. The summed E-state index contributed by atoms with van der Waals surface area (Å²) in [5.41, 5.74) is 0. The van der Waals surface area contributed by atoms with Gasteiger partial charge in [-0.25, -0.2) is 0 Å². The van der Waals surface area contributed by atoms with Gasteiger partial charge in [-0.05, 0) is 19.3 Å². The van der Waals surface area contributed by atoms with E-state index >= 15 is 0 Å². The van der Waals surface area contributed by atoms with Crippen LogP contribution in [-0.2, 0) is 19.1 Å². The number of amides is 3. The summed E-state index contributed by atoms with van der Waals surface area (Å²) >= 11 is 0. The first-order chi connectivity index (χ1) is 10.5. The molecule has 3 amide bonds. The lowest BCUT2D eigenvalue weighted by Crippen LogP contribution is -2.45. The molecule has 1 N–H and O–H groups in total. The molecule has 0 bridgehead atoms. The van der Waals surface area contributed by atoms with Gasteiger partial charge in [0.2, 0.25) is 11.8 Å². The van der Waals surface area contributed by atoms with Crippen LogP contribution in [-0.4, -0.2) is 90.2 Å². The maximum atomic E-state index is 12.3. The molecule has 22 heavy (non-hydrogen) atoms. The molecule has 0 aromatic heterocycles. The Hall–Kier alpha value is -1.67. The maximum Gasteiger partial charge on any atom is 0.251 e. The van der Waals surface area contributed by atoms with Gasteiger partial charge in [0.25, 0.3) is 5.91 Å². The van der Waals surface area contributed by atoms with Crippen LogP contribution in [0.4, 0.5) is 0 Å². The Balaban J connectivity index is 1.89. The highest BCUT2D eigenvalue weighted by Crippen LogP contribution is 2.13. The molecule has 2 fully saturated rings. The molecule has 0 aromatic carbocycles. The summed E-state index contributed by atoms with van der Waals surface area (Å²) in [6.45, 7) is 1.52. The third kappa shape index (κ3) is 3.95. The number of hydrogen-bond donors (Lipinski definition) is 1. The third-order valence-corrected chi connectivity index (χ3v) is 4.02. The number of aliphatic hydroxyl groups is 1. The number of methoxy groups -OCH3 is 1. The normalized spacial score (nSPS) is 23.2. The number of likely N-dealkylation sites (tertiary alicyclic amines) is 1. The fraction of sp³-hybridized carbons (Fsp3) is 0.786. The topological polar surface area (TPSA) is 90.4 Å². The lowest BCUT2D eigenvalue weighted by atomic mass is 10.2. The molecule has 0 saturated carbocycles. The van der Waals surface area contributed by atoms with Crippen LogP contribution < -0.4 is 0 Å². The molecular formula is C14H23N3O5. The maximum absolute atomic E-state index is 12.3. The SMILES string of the molecule is COCCN1CN(C(=O)CN2CCCCC(O)C2=O)CC1=O. The van der Waals surface area contributed by atoms with Crippen molar-refractivity contribution >= 4 is 17.7 Å². The lowest BCUT2D eigenvalue weighted by molar-refractivity contribution is -0.145. The molecule has 2 aliphatic heterocycles. The molecule has 124 valence electrons. The number of carbonyl (C=O) groups excluding carboxylic acids is 3. The van der Waals surface area contributed by atoms with E-state index < -0.39 is 12.0 Å². The monoisotopic (exact) mass is 313 g/mol. The van der Waals surface area contributed by atoms with Gasteiger partial charge in [-0.1, -0.05) is 0 Å². The van der Waals surface area contributed by atoms with Crippen LogP contribution in [0.15, 0.2) is 0 Å². The fourth-order valence-corrected chi connectivity index (χ4v) is 2.67. The predicted octanol–water partition coefficient (Wildman–Crippen LogP) is -1.37. The predicted molar refractivity (Wildman–Crippen MR) is 76.6 cm³/mol. The molecule has 0 aromatic rings. The number of rotatable bonds is 5. The first-order valence-electron chi connectivity index (χ1n) is 7.54. The van der Waals surface area contributed by atoms with Crippen molar-refractivity contribution in [2.75, 3.05) is 46.6 Å². The molecule has 0 radical (unpaired) electrons. The van der Waals surface area contributed by atoms with Gasteiger partial charge in [0, 0.05) is 20.2 Å². The summed E-state index contributed by atoms with van der Waals surface area (Å²) in [6, 6.07) is 0. The van der Waals surface area contributed by atoms with Gasteiger partial charge in [0.1, 0.15) is 12.6 Å². The summed E-state index contributed by atoms with van der Waals surface area (Å²) in [5, 5.41) is 9.70. The molecule has 2 saturated heterocycles. The van der Waals surface area contributed by atoms with Crippen molar-refractivity contribution in [3.8, 4) is 0 Å². The van der Waals surface area contributed by atoms with Gasteiger partial charge in [0.05, 0.1) is 19.8 Å². The Bertz CT molecular complexity index is 442. The Labute approximate surface area is 129 Å². The van der Waals surface area contributed by atoms with Crippen LogP contribution in [0.2, 0.25) is 0 Å². The molecule has 8 heteroatoms. The zero-order valence-corrected chi connectivity index (χ0v) is 12.9. The molecule has 2 aliphatic rings. The van der Waals surface area contributed by atoms with Crippen molar-refractivity contribution < 1.29 is 24.2 Å². The summed E-state index contributed by atoms with van der Waals surface area (Å²) in [7, 11) is 1.56. The molecule has 1 unspecified atom stereocenters. The first kappa shape index (κ1) is 16.7. The second kappa shape index (κ2) is 7.55. The van der Waals surface area contributed by atoms with E-state index in [9.17, 15) is 19.5 Å². The van der Waals surface area contributed by atoms with E-state index in [4.69, 9.17) is 4.74 Å². The highest BCUT2D eigenvalue weighted by atomic mass is 16.5. The quantitative estimate of drug-likeness (QED) is 0.677.